The fourth-order valence-corrected chi connectivity index (χ4v) is 0. The quantitative estimate of drug-likeness (QED) is 0.389. The molecule has 41 valence electrons. The van der Waals surface area contributed by atoms with Crippen LogP contribution in [0.2, 0.25) is 0 Å². The van der Waals surface area contributed by atoms with Gasteiger partial charge in [0.05, 0.1) is 0 Å². The summed E-state index contributed by atoms with van der Waals surface area (Å²) >= 11 is 0. The predicted molar refractivity (Wildman–Crippen MR) is 13.5 cm³/mol. The van der Waals surface area contributed by atoms with Crippen molar-refractivity contribution in [3.8, 4) is 0 Å². The molecule has 0 aromatic rings. The van der Waals surface area contributed by atoms with Crippen molar-refractivity contribution in [3.05, 3.63) is 0 Å². The van der Waals surface area contributed by atoms with Crippen molar-refractivity contribution in [1.82, 2.24) is 0 Å². The molecule has 0 rings (SSSR count). The average molecular weight is 277 g/mol. The predicted octanol–water partition coefficient (Wildman–Crippen LogP) is -4.94. The average Bonchev–Trinajstić information content (AvgIpc) is 0.811. The van der Waals surface area contributed by atoms with Gasteiger partial charge in [0.2, 0.25) is 0 Å². The molecule has 0 spiro atoms. The third kappa shape index (κ3) is 29.1. The molecule has 0 aliphatic carbocycles. The fraction of sp³-hybridized carbons (Fsp3) is 0. The summed E-state index contributed by atoms with van der Waals surface area (Å²) in [5, 5.41) is 21.5. The van der Waals surface area contributed by atoms with Gasteiger partial charge in [-0.15, -0.1) is 0 Å². The van der Waals surface area contributed by atoms with Gasteiger partial charge in [0.15, 0.2) is 0 Å². The van der Waals surface area contributed by atoms with E-state index in [9.17, 15) is 0 Å². The largest absolute Gasteiger partial charge is 1.00 e. The standard InChI is InChI=1S/BH3O3.K.Lu.H/c2-1(3)4;;;/h2-4H;;;/q;+1;;-1. The molecule has 0 heterocycles. The molecule has 0 aliphatic rings. The van der Waals surface area contributed by atoms with Crippen molar-refractivity contribution in [2.45, 2.75) is 0 Å². The Balaban J connectivity index is -0.0000000150. The van der Waals surface area contributed by atoms with E-state index in [1.54, 1.807) is 0 Å². The first kappa shape index (κ1) is 15.9. The van der Waals surface area contributed by atoms with Crippen molar-refractivity contribution < 1.29 is 105 Å². The first-order valence-corrected chi connectivity index (χ1v) is 0.775. The zero-order valence-electron chi connectivity index (χ0n) is 4.18. The van der Waals surface area contributed by atoms with Crippen LogP contribution in [0.15, 0.2) is 0 Å². The second-order valence-electron chi connectivity index (χ2n) is 0.346. The Labute approximate surface area is 109 Å². The van der Waals surface area contributed by atoms with Gasteiger partial charge in [0.1, 0.15) is 0 Å². The van der Waals surface area contributed by atoms with Gasteiger partial charge in [-0.1, -0.05) is 0 Å². The van der Waals surface area contributed by atoms with Crippen molar-refractivity contribution in [1.29, 1.82) is 0 Å². The molecule has 6 heavy (non-hydrogen) atoms. The van der Waals surface area contributed by atoms with Crippen molar-refractivity contribution in [2.24, 2.45) is 0 Å². The summed E-state index contributed by atoms with van der Waals surface area (Å²) in [7, 11) is -2.17. The summed E-state index contributed by atoms with van der Waals surface area (Å²) in [6.45, 7) is 0. The Bertz CT molecular complexity index is 19.7. The Morgan fingerprint density at radius 3 is 1.17 bits per heavy atom. The molecule has 0 fully saturated rings. The van der Waals surface area contributed by atoms with Crippen molar-refractivity contribution in [3.63, 3.8) is 0 Å². The first-order chi connectivity index (χ1) is 1.73. The van der Waals surface area contributed by atoms with Crippen LogP contribution < -0.4 is 51.4 Å². The van der Waals surface area contributed by atoms with E-state index in [0.717, 1.165) is 0 Å². The van der Waals surface area contributed by atoms with Crippen molar-refractivity contribution >= 4 is 7.32 Å². The molecule has 0 atom stereocenters. The monoisotopic (exact) mass is 277 g/mol. The van der Waals surface area contributed by atoms with Gasteiger partial charge >= 0.3 is 58.7 Å². The molecule has 0 amide bonds. The van der Waals surface area contributed by atoms with Gasteiger partial charge in [-0.25, -0.2) is 0 Å². The molecule has 0 aliphatic heterocycles. The first-order valence-electron chi connectivity index (χ1n) is 0.775. The van der Waals surface area contributed by atoms with Crippen LogP contribution in [-0.2, 0) is 0 Å². The molecule has 6 heteroatoms. The molecule has 3 N–H and O–H groups in total. The molecule has 0 saturated heterocycles. The van der Waals surface area contributed by atoms with Crippen LogP contribution in [0.5, 0.6) is 0 Å². The van der Waals surface area contributed by atoms with Gasteiger partial charge < -0.3 is 16.5 Å². The summed E-state index contributed by atoms with van der Waals surface area (Å²) in [5.74, 6) is 0. The topological polar surface area (TPSA) is 60.7 Å². The van der Waals surface area contributed by atoms with Crippen LogP contribution in [0.4, 0.5) is 0 Å². The Morgan fingerprint density at radius 2 is 1.17 bits per heavy atom. The van der Waals surface area contributed by atoms with Gasteiger partial charge in [-0.3, -0.25) is 0 Å². The van der Waals surface area contributed by atoms with E-state index in [-0.39, 0.29) is 89.7 Å². The van der Waals surface area contributed by atoms with Crippen LogP contribution >= 0.6 is 0 Å². The summed E-state index contributed by atoms with van der Waals surface area (Å²) < 4.78 is 0. The minimum absolute atomic E-state index is 0. The van der Waals surface area contributed by atoms with E-state index in [1.165, 1.54) is 0 Å². The molecule has 0 unspecified atom stereocenters. The third-order valence-electron chi connectivity index (χ3n) is 0. The van der Waals surface area contributed by atoms with Crippen LogP contribution in [0.1, 0.15) is 1.43 Å². The molecule has 0 saturated carbocycles. The molecular formula is H4BKLuO3. The SMILES string of the molecule is OB(O)O.[H-].[K+].[Lu]. The summed E-state index contributed by atoms with van der Waals surface area (Å²) in [6.07, 6.45) is 0. The third-order valence-corrected chi connectivity index (χ3v) is 0. The Kier molecular flexibility index (Phi) is 28.5. The second kappa shape index (κ2) is 10.7. The second-order valence-corrected chi connectivity index (χ2v) is 0.346. The minimum Gasteiger partial charge on any atom is -1.00 e. The summed E-state index contributed by atoms with van der Waals surface area (Å²) in [5.41, 5.74) is 0. The maximum atomic E-state index is 7.17. The molecule has 0 aromatic heterocycles. The molecule has 0 aromatic carbocycles. The molecule has 1 radical (unpaired) electrons. The van der Waals surface area contributed by atoms with E-state index in [0.29, 0.717) is 0 Å². The van der Waals surface area contributed by atoms with E-state index < -0.39 is 7.32 Å². The number of rotatable bonds is 0. The fourth-order valence-electron chi connectivity index (χ4n) is 0. The summed E-state index contributed by atoms with van der Waals surface area (Å²) in [4.78, 5) is 0. The van der Waals surface area contributed by atoms with E-state index in [2.05, 4.69) is 0 Å². The Hall–Kier alpha value is 2.82. The van der Waals surface area contributed by atoms with E-state index in [4.69, 9.17) is 15.1 Å². The number of hydrogen-bond acceptors (Lipinski definition) is 3. The minimum atomic E-state index is -2.17. The van der Waals surface area contributed by atoms with Gasteiger partial charge in [-0.05, 0) is 0 Å². The van der Waals surface area contributed by atoms with Gasteiger partial charge in [0.25, 0.3) is 0 Å². The maximum absolute atomic E-state index is 7.17. The smallest absolute Gasteiger partial charge is 1.00 e. The van der Waals surface area contributed by atoms with Crippen molar-refractivity contribution in [2.75, 3.05) is 0 Å². The van der Waals surface area contributed by atoms with Crippen LogP contribution in [0, 0.1) is 36.9 Å². The van der Waals surface area contributed by atoms with E-state index in [1.807, 2.05) is 0 Å². The molecule has 3 nitrogen and oxygen atoms in total. The van der Waals surface area contributed by atoms with E-state index >= 15 is 0 Å². The normalized spacial score (nSPS) is 4.50. The number of hydrogen-bond donors (Lipinski definition) is 3. The molecule has 0 bridgehead atoms. The Morgan fingerprint density at radius 1 is 1.17 bits per heavy atom. The van der Waals surface area contributed by atoms with Crippen LogP contribution in [0.3, 0.4) is 0 Å². The van der Waals surface area contributed by atoms with Gasteiger partial charge in [-0.2, -0.15) is 0 Å². The molecular weight excluding hydrogens is 273 g/mol. The summed E-state index contributed by atoms with van der Waals surface area (Å²) in [6, 6.07) is 0. The van der Waals surface area contributed by atoms with Crippen LogP contribution in [0.25, 0.3) is 0 Å². The van der Waals surface area contributed by atoms with Gasteiger partial charge in [0, 0.05) is 36.9 Å². The maximum Gasteiger partial charge on any atom is 1.00 e. The zero-order valence-corrected chi connectivity index (χ0v) is 7.96. The van der Waals surface area contributed by atoms with Crippen LogP contribution in [-0.4, -0.2) is 22.4 Å². The zero-order chi connectivity index (χ0) is 3.58.